The summed E-state index contributed by atoms with van der Waals surface area (Å²) in [7, 11) is 0. The topological polar surface area (TPSA) is 67.8 Å². The van der Waals surface area contributed by atoms with Crippen LogP contribution in [-0.2, 0) is 0 Å². The van der Waals surface area contributed by atoms with Gasteiger partial charge in [0.15, 0.2) is 11.5 Å². The van der Waals surface area contributed by atoms with E-state index >= 15 is 0 Å². The van der Waals surface area contributed by atoms with Gasteiger partial charge >= 0.3 is 0 Å². The van der Waals surface area contributed by atoms with Gasteiger partial charge in [-0.1, -0.05) is 11.6 Å². The van der Waals surface area contributed by atoms with Crippen molar-refractivity contribution in [3.8, 4) is 17.2 Å². The number of anilines is 1. The number of carbonyl (C=O) groups is 1. The Morgan fingerprint density at radius 2 is 1.86 bits per heavy atom. The van der Waals surface area contributed by atoms with Crippen LogP contribution in [0, 0.1) is 6.92 Å². The SMILES string of the molecule is Cc1ccc(O)c(C(=O)Nc2ccc3c(c2)OCCO3)c1. The zero-order valence-electron chi connectivity index (χ0n) is 11.6. The maximum atomic E-state index is 12.2. The molecule has 0 unspecified atom stereocenters. The molecule has 1 amide bonds. The average molecular weight is 285 g/mol. The number of fused-ring (bicyclic) bond motifs is 1. The Labute approximate surface area is 122 Å². The number of aromatic hydroxyl groups is 1. The third kappa shape index (κ3) is 2.76. The number of rotatable bonds is 2. The molecule has 2 aromatic rings. The second kappa shape index (κ2) is 5.36. The monoisotopic (exact) mass is 285 g/mol. The van der Waals surface area contributed by atoms with Gasteiger partial charge in [0, 0.05) is 11.8 Å². The molecule has 5 nitrogen and oxygen atoms in total. The summed E-state index contributed by atoms with van der Waals surface area (Å²) in [6.07, 6.45) is 0. The minimum Gasteiger partial charge on any atom is -0.507 e. The summed E-state index contributed by atoms with van der Waals surface area (Å²) in [5, 5.41) is 12.5. The third-order valence-corrected chi connectivity index (χ3v) is 3.20. The van der Waals surface area contributed by atoms with Crippen molar-refractivity contribution in [2.75, 3.05) is 18.5 Å². The minimum atomic E-state index is -0.368. The van der Waals surface area contributed by atoms with Crippen molar-refractivity contribution in [1.29, 1.82) is 0 Å². The van der Waals surface area contributed by atoms with Crippen LogP contribution in [0.1, 0.15) is 15.9 Å². The molecule has 0 aliphatic carbocycles. The molecular weight excluding hydrogens is 270 g/mol. The van der Waals surface area contributed by atoms with Gasteiger partial charge in [0.2, 0.25) is 0 Å². The Morgan fingerprint density at radius 3 is 2.67 bits per heavy atom. The van der Waals surface area contributed by atoms with Crippen LogP contribution < -0.4 is 14.8 Å². The fraction of sp³-hybridized carbons (Fsp3) is 0.188. The van der Waals surface area contributed by atoms with Crippen LogP contribution in [0.5, 0.6) is 17.2 Å². The molecule has 108 valence electrons. The molecule has 3 rings (SSSR count). The maximum Gasteiger partial charge on any atom is 0.259 e. The number of ether oxygens (including phenoxy) is 2. The Hall–Kier alpha value is -2.69. The average Bonchev–Trinajstić information content (AvgIpc) is 2.49. The molecule has 0 fully saturated rings. The van der Waals surface area contributed by atoms with E-state index < -0.39 is 0 Å². The molecule has 0 bridgehead atoms. The van der Waals surface area contributed by atoms with Crippen LogP contribution in [0.3, 0.4) is 0 Å². The van der Waals surface area contributed by atoms with E-state index in [4.69, 9.17) is 9.47 Å². The summed E-state index contributed by atoms with van der Waals surface area (Å²) in [5.74, 6) is 0.855. The highest BCUT2D eigenvalue weighted by molar-refractivity contribution is 6.06. The summed E-state index contributed by atoms with van der Waals surface area (Å²) in [4.78, 5) is 12.2. The number of benzene rings is 2. The van der Waals surface area contributed by atoms with Gasteiger partial charge in [-0.2, -0.15) is 0 Å². The van der Waals surface area contributed by atoms with Crippen LogP contribution in [0.15, 0.2) is 36.4 Å². The van der Waals surface area contributed by atoms with Crippen LogP contribution in [-0.4, -0.2) is 24.2 Å². The zero-order valence-corrected chi connectivity index (χ0v) is 11.6. The van der Waals surface area contributed by atoms with E-state index in [1.807, 2.05) is 6.92 Å². The highest BCUT2D eigenvalue weighted by atomic mass is 16.6. The lowest BCUT2D eigenvalue weighted by atomic mass is 10.1. The Kier molecular flexibility index (Phi) is 3.39. The van der Waals surface area contributed by atoms with E-state index in [9.17, 15) is 9.90 Å². The molecule has 2 N–H and O–H groups in total. The van der Waals surface area contributed by atoms with Crippen molar-refractivity contribution >= 4 is 11.6 Å². The van der Waals surface area contributed by atoms with Gasteiger partial charge in [-0.05, 0) is 31.2 Å². The number of amides is 1. The maximum absolute atomic E-state index is 12.2. The smallest absolute Gasteiger partial charge is 0.259 e. The van der Waals surface area contributed by atoms with E-state index in [0.29, 0.717) is 30.4 Å². The molecule has 0 atom stereocenters. The number of hydrogen-bond acceptors (Lipinski definition) is 4. The van der Waals surface area contributed by atoms with Gasteiger partial charge in [-0.15, -0.1) is 0 Å². The first kappa shape index (κ1) is 13.3. The second-order valence-corrected chi connectivity index (χ2v) is 4.83. The highest BCUT2D eigenvalue weighted by Gasteiger charge is 2.15. The quantitative estimate of drug-likeness (QED) is 0.890. The van der Waals surface area contributed by atoms with E-state index in [1.54, 1.807) is 30.3 Å². The van der Waals surface area contributed by atoms with Gasteiger partial charge in [-0.25, -0.2) is 0 Å². The van der Waals surface area contributed by atoms with Crippen molar-refractivity contribution < 1.29 is 19.4 Å². The van der Waals surface area contributed by atoms with Gasteiger partial charge < -0.3 is 19.9 Å². The predicted molar refractivity (Wildman–Crippen MR) is 78.2 cm³/mol. The van der Waals surface area contributed by atoms with Crippen molar-refractivity contribution in [3.63, 3.8) is 0 Å². The number of phenols is 1. The molecule has 0 spiro atoms. The van der Waals surface area contributed by atoms with E-state index in [1.165, 1.54) is 6.07 Å². The fourth-order valence-electron chi connectivity index (χ4n) is 2.15. The van der Waals surface area contributed by atoms with Crippen LogP contribution in [0.25, 0.3) is 0 Å². The Balaban J connectivity index is 1.83. The molecule has 0 aromatic heterocycles. The number of hydrogen-bond donors (Lipinski definition) is 2. The molecule has 0 saturated heterocycles. The largest absolute Gasteiger partial charge is 0.507 e. The molecule has 0 radical (unpaired) electrons. The fourth-order valence-corrected chi connectivity index (χ4v) is 2.15. The number of phenolic OH excluding ortho intramolecular Hbond substituents is 1. The minimum absolute atomic E-state index is 0.0457. The third-order valence-electron chi connectivity index (χ3n) is 3.20. The number of aryl methyl sites for hydroxylation is 1. The lowest BCUT2D eigenvalue weighted by Gasteiger charge is -2.19. The first-order valence-electron chi connectivity index (χ1n) is 6.64. The zero-order chi connectivity index (χ0) is 14.8. The summed E-state index contributed by atoms with van der Waals surface area (Å²) < 4.78 is 10.9. The lowest BCUT2D eigenvalue weighted by molar-refractivity contribution is 0.102. The summed E-state index contributed by atoms with van der Waals surface area (Å²) in [5.41, 5.74) is 1.73. The van der Waals surface area contributed by atoms with Crippen molar-refractivity contribution in [2.24, 2.45) is 0 Å². The van der Waals surface area contributed by atoms with Crippen LogP contribution >= 0.6 is 0 Å². The molecule has 2 aromatic carbocycles. The molecule has 5 heteroatoms. The molecule has 21 heavy (non-hydrogen) atoms. The predicted octanol–water partition coefficient (Wildman–Crippen LogP) is 2.72. The van der Waals surface area contributed by atoms with Gasteiger partial charge in [0.25, 0.3) is 5.91 Å². The highest BCUT2D eigenvalue weighted by Crippen LogP contribution is 2.33. The summed E-state index contributed by atoms with van der Waals surface area (Å²) in [6, 6.07) is 10.1. The van der Waals surface area contributed by atoms with E-state index in [0.717, 1.165) is 5.56 Å². The molecule has 0 saturated carbocycles. The number of carbonyl (C=O) groups excluding carboxylic acids is 1. The molecule has 1 heterocycles. The normalized spacial score (nSPS) is 12.8. The first-order valence-corrected chi connectivity index (χ1v) is 6.64. The number of nitrogens with one attached hydrogen (secondary N) is 1. The van der Waals surface area contributed by atoms with Crippen LogP contribution in [0.4, 0.5) is 5.69 Å². The summed E-state index contributed by atoms with van der Waals surface area (Å²) in [6.45, 7) is 2.87. The summed E-state index contributed by atoms with van der Waals surface area (Å²) >= 11 is 0. The van der Waals surface area contributed by atoms with Crippen molar-refractivity contribution in [1.82, 2.24) is 0 Å². The van der Waals surface area contributed by atoms with E-state index in [2.05, 4.69) is 5.32 Å². The van der Waals surface area contributed by atoms with Crippen molar-refractivity contribution in [2.45, 2.75) is 6.92 Å². The molecular formula is C16H15NO4. The van der Waals surface area contributed by atoms with Gasteiger partial charge in [0.05, 0.1) is 5.56 Å². The Morgan fingerprint density at radius 1 is 1.10 bits per heavy atom. The standard InChI is InChI=1S/C16H15NO4/c1-10-2-4-13(18)12(8-10)16(19)17-11-3-5-14-15(9-11)21-7-6-20-14/h2-5,8-9,18H,6-7H2,1H3,(H,17,19). The second-order valence-electron chi connectivity index (χ2n) is 4.83. The Bertz CT molecular complexity index is 697. The lowest BCUT2D eigenvalue weighted by Crippen LogP contribution is -2.16. The van der Waals surface area contributed by atoms with Crippen molar-refractivity contribution in [3.05, 3.63) is 47.5 Å². The van der Waals surface area contributed by atoms with Gasteiger partial charge in [-0.3, -0.25) is 4.79 Å². The van der Waals surface area contributed by atoms with Crippen LogP contribution in [0.2, 0.25) is 0 Å². The first-order chi connectivity index (χ1) is 10.1. The van der Waals surface area contributed by atoms with Gasteiger partial charge in [0.1, 0.15) is 19.0 Å². The van der Waals surface area contributed by atoms with E-state index in [-0.39, 0.29) is 17.2 Å². The molecule has 1 aliphatic heterocycles. The molecule has 1 aliphatic rings.